The Morgan fingerprint density at radius 3 is 0.716 bits per heavy atom. The predicted octanol–water partition coefficient (Wildman–Crippen LogP) is 11.1. The van der Waals surface area contributed by atoms with E-state index in [1.165, 1.54) is 0 Å². The van der Waals surface area contributed by atoms with E-state index in [-0.39, 0.29) is 22.3 Å². The summed E-state index contributed by atoms with van der Waals surface area (Å²) < 4.78 is 0. The predicted molar refractivity (Wildman–Crippen MR) is 287 cm³/mol. The highest BCUT2D eigenvalue weighted by atomic mass is 15.1. The van der Waals surface area contributed by atoms with E-state index in [0.29, 0.717) is 21.6 Å². The Morgan fingerprint density at radius 1 is 0.257 bits per heavy atom. The molecule has 0 fully saturated rings. The summed E-state index contributed by atoms with van der Waals surface area (Å²) in [6.07, 6.45) is 3.10. The van der Waals surface area contributed by atoms with Gasteiger partial charge in [0, 0.05) is 44.6 Å². The first-order valence-corrected chi connectivity index (χ1v) is 22.7. The van der Waals surface area contributed by atoms with Crippen molar-refractivity contribution in [3.05, 3.63) is 274 Å². The van der Waals surface area contributed by atoms with E-state index in [1.807, 2.05) is 218 Å². The highest BCUT2D eigenvalue weighted by Gasteiger charge is 2.15. The Hall–Kier alpha value is -11.8. The smallest absolute Gasteiger partial charge is 0.136 e. The van der Waals surface area contributed by atoms with E-state index in [1.54, 1.807) is 60.7 Å². The number of rotatable bonds is 10. The van der Waals surface area contributed by atoms with Gasteiger partial charge in [-0.25, -0.2) is 0 Å². The van der Waals surface area contributed by atoms with E-state index < -0.39 is 0 Å². The van der Waals surface area contributed by atoms with Gasteiger partial charge < -0.3 is 9.80 Å². The van der Waals surface area contributed by atoms with Crippen LogP contribution in [0.2, 0.25) is 0 Å². The maximum atomic E-state index is 9.38. The van der Waals surface area contributed by atoms with Gasteiger partial charge in [-0.3, -0.25) is 0 Å². The molecule has 8 aromatic carbocycles. The zero-order valence-electron chi connectivity index (χ0n) is 39.4. The number of benzene rings is 8. The van der Waals surface area contributed by atoms with Gasteiger partial charge in [-0.15, -0.1) is 0 Å². The van der Waals surface area contributed by atoms with Crippen LogP contribution in [0.15, 0.2) is 242 Å². The molecule has 10 nitrogen and oxygen atoms in total. The lowest BCUT2D eigenvalue weighted by atomic mass is 9.99. The van der Waals surface area contributed by atoms with Crippen LogP contribution in [0.1, 0.15) is 11.1 Å². The van der Waals surface area contributed by atoms with Gasteiger partial charge in [0.15, 0.2) is 0 Å². The molecule has 0 amide bonds. The first-order chi connectivity index (χ1) is 36.4. The summed E-state index contributed by atoms with van der Waals surface area (Å²) in [4.78, 5) is 4.29. The molecule has 0 aromatic heterocycles. The van der Waals surface area contributed by atoms with Crippen molar-refractivity contribution in [2.75, 3.05) is 9.80 Å². The van der Waals surface area contributed by atoms with Crippen molar-refractivity contribution in [2.45, 2.75) is 0 Å². The fraction of sp³-hybridized carbons (Fsp3) is 0. The lowest BCUT2D eigenvalue weighted by molar-refractivity contribution is 1.28. The molecule has 0 heterocycles. The number of nitrogens with zero attached hydrogens (tertiary/aromatic N) is 10. The third-order valence-corrected chi connectivity index (χ3v) is 11.4. The molecule has 0 bridgehead atoms. The molecule has 0 spiro atoms. The molecule has 8 aromatic rings. The van der Waals surface area contributed by atoms with Gasteiger partial charge in [0.25, 0.3) is 0 Å². The van der Waals surface area contributed by atoms with Crippen molar-refractivity contribution in [1.29, 1.82) is 42.1 Å². The van der Waals surface area contributed by atoms with Crippen LogP contribution in [0.25, 0.3) is 22.3 Å². The van der Waals surface area contributed by atoms with Crippen molar-refractivity contribution >= 4 is 56.4 Å². The van der Waals surface area contributed by atoms with Crippen LogP contribution in [0.5, 0.6) is 0 Å². The van der Waals surface area contributed by atoms with Crippen LogP contribution in [0.4, 0.5) is 34.1 Å². The van der Waals surface area contributed by atoms with Gasteiger partial charge in [0.2, 0.25) is 0 Å². The van der Waals surface area contributed by atoms with Crippen molar-refractivity contribution in [1.82, 2.24) is 0 Å². The molecule has 0 aliphatic rings. The number of hydrogen-bond acceptors (Lipinski definition) is 10. The summed E-state index contributed by atoms with van der Waals surface area (Å²) in [6, 6.07) is 85.0. The Morgan fingerprint density at radius 2 is 0.486 bits per heavy atom. The maximum absolute atomic E-state index is 9.38. The number of hydrogen-bond donors (Lipinski definition) is 0. The number of allylic oxidation sites excluding steroid dienone is 4. The summed E-state index contributed by atoms with van der Waals surface area (Å²) >= 11 is 0. The second-order valence-corrected chi connectivity index (χ2v) is 15.8. The van der Waals surface area contributed by atoms with Crippen LogP contribution in [-0.2, 0) is 0 Å². The highest BCUT2D eigenvalue weighted by Crippen LogP contribution is 2.36. The molecule has 0 unspecified atom stereocenters. The number of nitriles is 8. The van der Waals surface area contributed by atoms with Gasteiger partial charge >= 0.3 is 0 Å². The van der Waals surface area contributed by atoms with E-state index >= 15 is 0 Å². The minimum atomic E-state index is -0.0281. The fourth-order valence-electron chi connectivity index (χ4n) is 7.86. The summed E-state index contributed by atoms with van der Waals surface area (Å²) in [5, 5.41) is 76.7. The average Bonchev–Trinajstić information content (AvgIpc) is 3.47. The number of para-hydroxylation sites is 4. The van der Waals surface area contributed by atoms with Gasteiger partial charge in [-0.05, 0) is 118 Å². The van der Waals surface area contributed by atoms with Crippen molar-refractivity contribution < 1.29 is 0 Å². The van der Waals surface area contributed by atoms with Crippen LogP contribution in [0.3, 0.4) is 0 Å². The molecule has 74 heavy (non-hydrogen) atoms. The molecule has 0 saturated carbocycles. The normalized spacial score (nSPS) is 9.51. The molecule has 0 saturated heterocycles. The van der Waals surface area contributed by atoms with Crippen molar-refractivity contribution in [3.8, 4) is 48.6 Å². The van der Waals surface area contributed by atoms with E-state index in [4.69, 9.17) is 21.0 Å². The largest absolute Gasteiger partial charge is 0.311 e. The van der Waals surface area contributed by atoms with E-state index in [2.05, 4.69) is 9.80 Å². The number of anilines is 6. The Balaban J connectivity index is 0.000000216. The molecule has 8 rings (SSSR count). The van der Waals surface area contributed by atoms with Crippen molar-refractivity contribution in [2.24, 2.45) is 0 Å². The zero-order valence-corrected chi connectivity index (χ0v) is 39.4. The fourth-order valence-corrected chi connectivity index (χ4v) is 7.86. The molecule has 0 aliphatic carbocycles. The van der Waals surface area contributed by atoms with Crippen LogP contribution in [0, 0.1) is 90.6 Å². The molecular weight excluding hydrogens is 909 g/mol. The Bertz CT molecular complexity index is 3560. The third kappa shape index (κ3) is 12.1. The Labute approximate surface area is 428 Å². The second-order valence-electron chi connectivity index (χ2n) is 15.8. The molecule has 344 valence electrons. The topological polar surface area (TPSA) is 197 Å². The molecule has 0 radical (unpaired) electrons. The summed E-state index contributed by atoms with van der Waals surface area (Å²) in [5.74, 6) is 0. The minimum Gasteiger partial charge on any atom is -0.311 e. The quantitative estimate of drug-likeness (QED) is 0.119. The van der Waals surface area contributed by atoms with Gasteiger partial charge in [0.1, 0.15) is 70.8 Å². The van der Waals surface area contributed by atoms with Crippen LogP contribution in [-0.4, -0.2) is 0 Å². The summed E-state index contributed by atoms with van der Waals surface area (Å²) in [5.41, 5.74) is 8.91. The monoisotopic (exact) mass is 946 g/mol. The van der Waals surface area contributed by atoms with Gasteiger partial charge in [-0.2, -0.15) is 42.1 Å². The molecule has 10 heteroatoms. The maximum Gasteiger partial charge on any atom is 0.136 e. The van der Waals surface area contributed by atoms with Gasteiger partial charge in [-0.1, -0.05) is 146 Å². The first-order valence-electron chi connectivity index (χ1n) is 22.7. The molecular formula is C64H38N10. The molecule has 0 aliphatic heterocycles. The van der Waals surface area contributed by atoms with Crippen molar-refractivity contribution in [3.63, 3.8) is 0 Å². The Kier molecular flexibility index (Phi) is 16.9. The lowest BCUT2D eigenvalue weighted by Gasteiger charge is -2.25. The summed E-state index contributed by atoms with van der Waals surface area (Å²) in [6.45, 7) is 0. The van der Waals surface area contributed by atoms with E-state index in [0.717, 1.165) is 55.7 Å². The minimum absolute atomic E-state index is 0.0182. The SMILES string of the molecule is N#CC(C#N)=CC(c1ccc(N(c2ccccc2)c2ccccc2)cc1)=c1ccc(=C(C#N)C#N)cc1.N#CC(C#N)=CC(c1ccc(N(c2ccccc2)c2ccccc2)cc1)=c1ccc(=C(C#N)C#N)cc1. The lowest BCUT2D eigenvalue weighted by Crippen LogP contribution is -2.13. The summed E-state index contributed by atoms with van der Waals surface area (Å²) in [7, 11) is 0. The van der Waals surface area contributed by atoms with Gasteiger partial charge in [0.05, 0.1) is 0 Å². The van der Waals surface area contributed by atoms with Crippen LogP contribution < -0.4 is 30.7 Å². The average molecular weight is 947 g/mol. The van der Waals surface area contributed by atoms with Crippen LogP contribution >= 0.6 is 0 Å². The molecule has 0 atom stereocenters. The highest BCUT2D eigenvalue weighted by molar-refractivity contribution is 5.83. The standard InChI is InChI=1S/2C32H19N5/c2*33-20-24(21-34)19-32(26-13-11-25(12-14-26)28(22-35)23-36)27-15-17-31(18-16-27)37(29-7-3-1-4-8-29)30-9-5-2-6-10-30/h2*1-19H. The van der Waals surface area contributed by atoms with E-state index in [9.17, 15) is 21.0 Å². The second kappa shape index (κ2) is 25.0. The first kappa shape index (κ1) is 50.1. The zero-order chi connectivity index (χ0) is 52.1. The third-order valence-electron chi connectivity index (χ3n) is 11.4. The molecule has 0 N–H and O–H groups in total.